The molecule has 0 unspecified atom stereocenters. The number of piperidine rings is 1. The number of carbonyl (C=O) groups is 1. The third-order valence-electron chi connectivity index (χ3n) is 4.71. The van der Waals surface area contributed by atoms with Gasteiger partial charge in [-0.25, -0.2) is 4.98 Å². The molecule has 2 aromatic rings. The van der Waals surface area contributed by atoms with Crippen LogP contribution < -0.4 is 19.7 Å². The van der Waals surface area contributed by atoms with Crippen LogP contribution in [0, 0.1) is 5.92 Å². The summed E-state index contributed by atoms with van der Waals surface area (Å²) in [5.74, 6) is 1.58. The van der Waals surface area contributed by atoms with Gasteiger partial charge in [0, 0.05) is 35.2 Å². The molecule has 2 atom stereocenters. The van der Waals surface area contributed by atoms with E-state index in [2.05, 4.69) is 17.2 Å². The van der Waals surface area contributed by atoms with Gasteiger partial charge in [0.15, 0.2) is 5.13 Å². The summed E-state index contributed by atoms with van der Waals surface area (Å²) in [4.78, 5) is 19.4. The molecule has 8 heteroatoms. The molecule has 0 aliphatic carbocycles. The van der Waals surface area contributed by atoms with Gasteiger partial charge in [0.25, 0.3) is 0 Å². The predicted octanol–water partition coefficient (Wildman–Crippen LogP) is 3.50. The minimum Gasteiger partial charge on any atom is -0.497 e. The highest BCUT2D eigenvalue weighted by molar-refractivity contribution is 7.13. The Morgan fingerprint density at radius 3 is 2.81 bits per heavy atom. The lowest BCUT2D eigenvalue weighted by molar-refractivity contribution is -0.123. The van der Waals surface area contributed by atoms with Crippen LogP contribution in [-0.4, -0.2) is 37.7 Å². The van der Waals surface area contributed by atoms with Crippen molar-refractivity contribution in [1.82, 2.24) is 10.3 Å². The lowest BCUT2D eigenvalue weighted by Crippen LogP contribution is -2.44. The monoisotopic (exact) mass is 411 g/mol. The van der Waals surface area contributed by atoms with Gasteiger partial charge in [-0.2, -0.15) is 0 Å². The summed E-state index contributed by atoms with van der Waals surface area (Å²) in [5, 5.41) is 6.02. The zero-order chi connectivity index (χ0) is 18.5. The number of nitrogens with zero attached hydrogens (tertiary/aromatic N) is 2. The Morgan fingerprint density at radius 2 is 2.19 bits per heavy atom. The van der Waals surface area contributed by atoms with Gasteiger partial charge in [-0.1, -0.05) is 0 Å². The first-order valence-electron chi connectivity index (χ1n) is 8.77. The Labute approximate surface area is 170 Å². The van der Waals surface area contributed by atoms with E-state index in [1.54, 1.807) is 25.3 Å². The molecular formula is C19H26ClN3O3S. The second-order valence-corrected chi connectivity index (χ2v) is 7.37. The summed E-state index contributed by atoms with van der Waals surface area (Å²) in [7, 11) is 3.25. The van der Waals surface area contributed by atoms with Crippen LogP contribution >= 0.6 is 23.7 Å². The van der Waals surface area contributed by atoms with E-state index in [4.69, 9.17) is 9.47 Å². The van der Waals surface area contributed by atoms with Crippen LogP contribution in [0.25, 0.3) is 0 Å². The molecule has 1 aromatic heterocycles. The average molecular weight is 412 g/mol. The Bertz CT molecular complexity index is 742. The van der Waals surface area contributed by atoms with Crippen LogP contribution in [0.1, 0.15) is 25.3 Å². The third-order valence-corrected chi connectivity index (χ3v) is 5.51. The van der Waals surface area contributed by atoms with Gasteiger partial charge in [-0.05, 0) is 38.4 Å². The first kappa shape index (κ1) is 21.5. The fourth-order valence-electron chi connectivity index (χ4n) is 3.32. The molecule has 1 fully saturated rings. The molecule has 3 rings (SSSR count). The molecule has 1 amide bonds. The zero-order valence-electron chi connectivity index (χ0n) is 15.8. The molecule has 0 radical (unpaired) electrons. The van der Waals surface area contributed by atoms with E-state index in [1.807, 2.05) is 23.6 Å². The van der Waals surface area contributed by atoms with E-state index < -0.39 is 0 Å². The molecule has 1 aliphatic heterocycles. The summed E-state index contributed by atoms with van der Waals surface area (Å²) in [5.41, 5.74) is 0.929. The van der Waals surface area contributed by atoms with Crippen molar-refractivity contribution in [3.8, 4) is 11.5 Å². The van der Waals surface area contributed by atoms with Crippen LogP contribution in [0.4, 0.5) is 5.13 Å². The maximum atomic E-state index is 13.3. The molecule has 2 heterocycles. The van der Waals surface area contributed by atoms with Gasteiger partial charge in [-0.3, -0.25) is 9.69 Å². The normalized spacial score (nSPS) is 19.1. The topological polar surface area (TPSA) is 63.7 Å². The van der Waals surface area contributed by atoms with E-state index in [0.29, 0.717) is 18.3 Å². The third kappa shape index (κ3) is 5.12. The number of carbonyl (C=O) groups excluding carboxylic acids is 1. The van der Waals surface area contributed by atoms with Crippen LogP contribution in [0.5, 0.6) is 11.5 Å². The maximum Gasteiger partial charge on any atom is 0.232 e. The quantitative estimate of drug-likeness (QED) is 0.788. The van der Waals surface area contributed by atoms with Crippen molar-refractivity contribution in [2.24, 2.45) is 5.92 Å². The highest BCUT2D eigenvalue weighted by Crippen LogP contribution is 2.30. The number of rotatable bonds is 6. The van der Waals surface area contributed by atoms with Crippen molar-refractivity contribution >= 4 is 34.8 Å². The number of ether oxygens (including phenoxy) is 2. The van der Waals surface area contributed by atoms with Crippen LogP contribution in [0.2, 0.25) is 0 Å². The SMILES string of the molecule is COc1ccc(CN(C(=O)[C@H]2CCN[C@@H](C)C2)c2nccs2)c(OC)c1.Cl. The number of methoxy groups -OCH3 is 2. The van der Waals surface area contributed by atoms with Gasteiger partial charge >= 0.3 is 0 Å². The molecule has 148 valence electrons. The molecule has 0 bridgehead atoms. The number of hydrogen-bond donors (Lipinski definition) is 1. The number of thiazole rings is 1. The van der Waals surface area contributed by atoms with Crippen molar-refractivity contribution in [3.63, 3.8) is 0 Å². The summed E-state index contributed by atoms with van der Waals surface area (Å²) >= 11 is 1.48. The fourth-order valence-corrected chi connectivity index (χ4v) is 3.97. The van der Waals surface area contributed by atoms with Crippen LogP contribution in [0.3, 0.4) is 0 Å². The minimum atomic E-state index is 0. The number of amides is 1. The summed E-state index contributed by atoms with van der Waals surface area (Å²) in [6.45, 7) is 3.42. The standard InChI is InChI=1S/C19H25N3O3S.ClH/c1-13-10-14(6-7-20-13)18(23)22(19-21-8-9-26-19)12-15-4-5-16(24-2)11-17(15)25-3;/h4-5,8-9,11,13-14,20H,6-7,10,12H2,1-3H3;1H/t13-,14-;/m0./s1. The van der Waals surface area contributed by atoms with Gasteiger partial charge in [0.05, 0.1) is 20.8 Å². The van der Waals surface area contributed by atoms with Crippen molar-refractivity contribution in [2.75, 3.05) is 25.7 Å². The molecular weight excluding hydrogens is 386 g/mol. The van der Waals surface area contributed by atoms with Gasteiger partial charge < -0.3 is 14.8 Å². The average Bonchev–Trinajstić information content (AvgIpc) is 3.20. The Kier molecular flexibility index (Phi) is 7.89. The van der Waals surface area contributed by atoms with E-state index in [9.17, 15) is 4.79 Å². The van der Waals surface area contributed by atoms with Gasteiger partial charge in [0.2, 0.25) is 5.91 Å². The van der Waals surface area contributed by atoms with Crippen molar-refractivity contribution in [2.45, 2.75) is 32.4 Å². The zero-order valence-corrected chi connectivity index (χ0v) is 17.4. The van der Waals surface area contributed by atoms with E-state index in [1.165, 1.54) is 11.3 Å². The second kappa shape index (κ2) is 9.92. The molecule has 0 saturated carbocycles. The maximum absolute atomic E-state index is 13.3. The largest absolute Gasteiger partial charge is 0.497 e. The predicted molar refractivity (Wildman–Crippen MR) is 110 cm³/mol. The number of benzene rings is 1. The number of anilines is 1. The van der Waals surface area contributed by atoms with Crippen LogP contribution in [0.15, 0.2) is 29.8 Å². The smallest absolute Gasteiger partial charge is 0.232 e. The summed E-state index contributed by atoms with van der Waals surface area (Å²) in [6.07, 6.45) is 3.43. The summed E-state index contributed by atoms with van der Waals surface area (Å²) < 4.78 is 10.8. The second-order valence-electron chi connectivity index (χ2n) is 6.49. The lowest BCUT2D eigenvalue weighted by atomic mass is 9.92. The number of aromatic nitrogens is 1. The molecule has 0 spiro atoms. The number of halogens is 1. The summed E-state index contributed by atoms with van der Waals surface area (Å²) in [6, 6.07) is 6.02. The van der Waals surface area contributed by atoms with Crippen molar-refractivity contribution in [3.05, 3.63) is 35.3 Å². The first-order valence-corrected chi connectivity index (χ1v) is 9.65. The fraction of sp³-hybridized carbons (Fsp3) is 0.474. The Balaban J connectivity index is 0.00000261. The Morgan fingerprint density at radius 1 is 1.37 bits per heavy atom. The molecule has 1 N–H and O–H groups in total. The van der Waals surface area contributed by atoms with Gasteiger partial charge in [0.1, 0.15) is 11.5 Å². The molecule has 1 aliphatic rings. The highest BCUT2D eigenvalue weighted by atomic mass is 35.5. The number of hydrogen-bond acceptors (Lipinski definition) is 6. The van der Waals surface area contributed by atoms with Crippen molar-refractivity contribution in [1.29, 1.82) is 0 Å². The van der Waals surface area contributed by atoms with Crippen LogP contribution in [-0.2, 0) is 11.3 Å². The van der Waals surface area contributed by atoms with E-state index in [-0.39, 0.29) is 24.2 Å². The Hall–Kier alpha value is -1.83. The molecule has 27 heavy (non-hydrogen) atoms. The van der Waals surface area contributed by atoms with Gasteiger partial charge in [-0.15, -0.1) is 23.7 Å². The molecule has 1 aromatic carbocycles. The van der Waals surface area contributed by atoms with E-state index >= 15 is 0 Å². The molecule has 6 nitrogen and oxygen atoms in total. The number of nitrogens with one attached hydrogen (secondary N) is 1. The lowest BCUT2D eigenvalue weighted by Gasteiger charge is -2.31. The highest BCUT2D eigenvalue weighted by Gasteiger charge is 2.31. The first-order chi connectivity index (χ1) is 12.6. The van der Waals surface area contributed by atoms with Crippen molar-refractivity contribution < 1.29 is 14.3 Å². The minimum absolute atomic E-state index is 0. The molecule has 1 saturated heterocycles. The van der Waals surface area contributed by atoms with E-state index in [0.717, 1.165) is 35.8 Å².